The van der Waals surface area contributed by atoms with Crippen molar-refractivity contribution in [2.75, 3.05) is 0 Å². The Kier molecular flexibility index (Phi) is 2.60. The fourth-order valence-corrected chi connectivity index (χ4v) is 1.46. The molecule has 0 aliphatic rings. The van der Waals surface area contributed by atoms with Crippen molar-refractivity contribution in [3.8, 4) is 0 Å². The molecular weight excluding hydrogens is 212 g/mol. The molecule has 0 unspecified atom stereocenters. The number of hydrogen-bond acceptors (Lipinski definition) is 2. The second-order valence-corrected chi connectivity index (χ2v) is 3.70. The molecule has 0 amide bonds. The summed E-state index contributed by atoms with van der Waals surface area (Å²) in [4.78, 5) is 11.5. The SMILES string of the molecule is Cc1nc2ncc(Cl)cc2n(C)cc[nH]1. The molecule has 78 valence electrons. The van der Waals surface area contributed by atoms with Gasteiger partial charge in [-0.05, 0) is 13.0 Å². The average Bonchev–Trinajstić information content (AvgIpc) is 2.18. The lowest BCUT2D eigenvalue weighted by Gasteiger charge is -2.02. The normalized spacial score (nSPS) is 10.3. The minimum Gasteiger partial charge on any atom is -0.349 e. The summed E-state index contributed by atoms with van der Waals surface area (Å²) in [5.74, 6) is 0.801. The number of halogens is 1. The molecule has 1 N–H and O–H groups in total. The molecule has 5 heteroatoms. The average molecular weight is 223 g/mol. The predicted molar refractivity (Wildman–Crippen MR) is 60.2 cm³/mol. The van der Waals surface area contributed by atoms with Gasteiger partial charge in [0.25, 0.3) is 0 Å². The molecule has 0 bridgehead atoms. The van der Waals surface area contributed by atoms with Gasteiger partial charge < -0.3 is 9.55 Å². The van der Waals surface area contributed by atoms with Gasteiger partial charge in [-0.1, -0.05) is 11.6 Å². The Labute approximate surface area is 92.3 Å². The third-order valence-corrected chi connectivity index (χ3v) is 2.26. The second-order valence-electron chi connectivity index (χ2n) is 3.26. The van der Waals surface area contributed by atoms with Gasteiger partial charge in [0.05, 0.1) is 10.5 Å². The van der Waals surface area contributed by atoms with Crippen molar-refractivity contribution in [1.29, 1.82) is 0 Å². The molecule has 0 aliphatic carbocycles. The first-order valence-electron chi connectivity index (χ1n) is 4.54. The molecule has 0 saturated carbocycles. The van der Waals surface area contributed by atoms with Crippen LogP contribution in [0.1, 0.15) is 5.82 Å². The first-order chi connectivity index (χ1) is 7.16. The van der Waals surface area contributed by atoms with Crippen molar-refractivity contribution >= 4 is 22.8 Å². The molecule has 15 heavy (non-hydrogen) atoms. The molecular formula is C10H11ClN4. The van der Waals surface area contributed by atoms with Crippen molar-refractivity contribution in [3.63, 3.8) is 0 Å². The zero-order chi connectivity index (χ0) is 10.8. The van der Waals surface area contributed by atoms with Gasteiger partial charge in [0, 0.05) is 25.6 Å². The van der Waals surface area contributed by atoms with E-state index in [0.717, 1.165) is 11.3 Å². The van der Waals surface area contributed by atoms with Crippen LogP contribution in [0.25, 0.3) is 11.2 Å². The topological polar surface area (TPSA) is 46.5 Å². The molecule has 2 rings (SSSR count). The number of pyridine rings is 1. The number of aromatic nitrogens is 4. The number of nitrogens with zero attached hydrogens (tertiary/aromatic N) is 3. The van der Waals surface area contributed by atoms with Crippen molar-refractivity contribution in [2.24, 2.45) is 7.05 Å². The van der Waals surface area contributed by atoms with Crippen LogP contribution in [0.3, 0.4) is 0 Å². The highest BCUT2D eigenvalue weighted by Crippen LogP contribution is 2.12. The Balaban J connectivity index is 2.92. The van der Waals surface area contributed by atoms with Crippen LogP contribution >= 0.6 is 11.6 Å². The largest absolute Gasteiger partial charge is 0.349 e. The van der Waals surface area contributed by atoms with E-state index in [9.17, 15) is 0 Å². The molecule has 2 heterocycles. The number of hydrogen-bond donors (Lipinski definition) is 1. The molecule has 4 nitrogen and oxygen atoms in total. The maximum Gasteiger partial charge on any atom is 0.177 e. The summed E-state index contributed by atoms with van der Waals surface area (Å²) < 4.78 is 1.91. The van der Waals surface area contributed by atoms with E-state index in [2.05, 4.69) is 15.0 Å². The van der Waals surface area contributed by atoms with E-state index in [1.165, 1.54) is 0 Å². The Morgan fingerprint density at radius 2 is 2.27 bits per heavy atom. The van der Waals surface area contributed by atoms with E-state index in [0.29, 0.717) is 10.7 Å². The maximum absolute atomic E-state index is 5.90. The molecule has 0 fully saturated rings. The standard InChI is InChI=1S/C10H11ClN4/c1-7-12-3-4-15(2)9-5-8(11)6-13-10(9)14-7/h3-6H,1-2H3,(H,12,13,14). The summed E-state index contributed by atoms with van der Waals surface area (Å²) in [7, 11) is 1.92. The molecule has 2 aromatic rings. The molecule has 2 aromatic heterocycles. The summed E-state index contributed by atoms with van der Waals surface area (Å²) >= 11 is 5.90. The lowest BCUT2D eigenvalue weighted by Crippen LogP contribution is -1.95. The summed E-state index contributed by atoms with van der Waals surface area (Å²) in [6, 6.07) is 1.84. The van der Waals surface area contributed by atoms with E-state index in [1.807, 2.05) is 37.0 Å². The van der Waals surface area contributed by atoms with Crippen molar-refractivity contribution in [1.82, 2.24) is 19.5 Å². The smallest absolute Gasteiger partial charge is 0.177 e. The van der Waals surface area contributed by atoms with E-state index in [1.54, 1.807) is 6.20 Å². The highest BCUT2D eigenvalue weighted by molar-refractivity contribution is 6.30. The highest BCUT2D eigenvalue weighted by Gasteiger charge is 1.97. The zero-order valence-electron chi connectivity index (χ0n) is 8.53. The van der Waals surface area contributed by atoms with Crippen molar-refractivity contribution in [2.45, 2.75) is 6.92 Å². The van der Waals surface area contributed by atoms with Gasteiger partial charge in [-0.3, -0.25) is 0 Å². The number of fused-ring (bicyclic) bond motifs is 1. The number of H-pyrrole nitrogens is 1. The fourth-order valence-electron chi connectivity index (χ4n) is 1.31. The van der Waals surface area contributed by atoms with Crippen LogP contribution in [-0.4, -0.2) is 19.5 Å². The third kappa shape index (κ3) is 2.10. The summed E-state index contributed by atoms with van der Waals surface area (Å²) in [5.41, 5.74) is 1.55. The summed E-state index contributed by atoms with van der Waals surface area (Å²) in [5, 5.41) is 0.607. The van der Waals surface area contributed by atoms with Crippen molar-refractivity contribution in [3.05, 3.63) is 35.5 Å². The van der Waals surface area contributed by atoms with Gasteiger partial charge in [0.1, 0.15) is 5.82 Å². The number of nitrogens with one attached hydrogen (secondary N) is 1. The highest BCUT2D eigenvalue weighted by atomic mass is 35.5. The van der Waals surface area contributed by atoms with Gasteiger partial charge in [0.2, 0.25) is 0 Å². The van der Waals surface area contributed by atoms with Crippen LogP contribution < -0.4 is 0 Å². The Morgan fingerprint density at radius 1 is 1.47 bits per heavy atom. The minimum absolute atomic E-state index is 0.607. The first-order valence-corrected chi connectivity index (χ1v) is 4.91. The first kappa shape index (κ1) is 9.98. The van der Waals surface area contributed by atoms with Gasteiger partial charge in [0.15, 0.2) is 5.65 Å². The zero-order valence-corrected chi connectivity index (χ0v) is 9.28. The van der Waals surface area contributed by atoms with Gasteiger partial charge >= 0.3 is 0 Å². The van der Waals surface area contributed by atoms with Gasteiger partial charge in [-0.2, -0.15) is 0 Å². The fraction of sp³-hybridized carbons (Fsp3) is 0.200. The molecule has 0 saturated heterocycles. The number of rotatable bonds is 0. The summed E-state index contributed by atoms with van der Waals surface area (Å²) in [6.45, 7) is 1.88. The predicted octanol–water partition coefficient (Wildman–Crippen LogP) is 2.38. The molecule has 0 atom stereocenters. The maximum atomic E-state index is 5.90. The Morgan fingerprint density at radius 3 is 3.07 bits per heavy atom. The molecule has 0 spiro atoms. The lowest BCUT2D eigenvalue weighted by molar-refractivity contribution is 0.929. The van der Waals surface area contributed by atoms with E-state index in [4.69, 9.17) is 11.6 Å². The quantitative estimate of drug-likeness (QED) is 0.744. The Bertz CT molecular complexity index is 540. The summed E-state index contributed by atoms with van der Waals surface area (Å²) in [6.07, 6.45) is 5.31. The van der Waals surface area contributed by atoms with E-state index >= 15 is 0 Å². The van der Waals surface area contributed by atoms with Crippen LogP contribution in [0.5, 0.6) is 0 Å². The number of aromatic amines is 1. The van der Waals surface area contributed by atoms with Crippen molar-refractivity contribution < 1.29 is 0 Å². The van der Waals surface area contributed by atoms with E-state index in [-0.39, 0.29) is 0 Å². The van der Waals surface area contributed by atoms with Gasteiger partial charge in [-0.15, -0.1) is 0 Å². The number of aryl methyl sites for hydroxylation is 2. The molecule has 0 radical (unpaired) electrons. The second kappa shape index (κ2) is 3.90. The Hall–Kier alpha value is -1.55. The van der Waals surface area contributed by atoms with Crippen LogP contribution in [0, 0.1) is 6.92 Å². The molecule has 0 aromatic carbocycles. The van der Waals surface area contributed by atoms with Crippen LogP contribution in [0.4, 0.5) is 0 Å². The molecule has 0 aliphatic heterocycles. The van der Waals surface area contributed by atoms with E-state index < -0.39 is 0 Å². The lowest BCUT2D eigenvalue weighted by atomic mass is 10.4. The minimum atomic E-state index is 0.607. The van der Waals surface area contributed by atoms with Crippen LogP contribution in [0.2, 0.25) is 5.02 Å². The van der Waals surface area contributed by atoms with Crippen LogP contribution in [-0.2, 0) is 7.05 Å². The van der Waals surface area contributed by atoms with Gasteiger partial charge in [-0.25, -0.2) is 9.97 Å². The third-order valence-electron chi connectivity index (χ3n) is 2.06. The monoisotopic (exact) mass is 222 g/mol. The van der Waals surface area contributed by atoms with Crippen LogP contribution in [0.15, 0.2) is 24.7 Å².